The van der Waals surface area contributed by atoms with Gasteiger partial charge in [-0.15, -0.1) is 0 Å². The lowest BCUT2D eigenvalue weighted by Crippen LogP contribution is -2.67. The van der Waals surface area contributed by atoms with Crippen LogP contribution in [0, 0.1) is 5.41 Å². The molecule has 3 nitrogen and oxygen atoms in total. The van der Waals surface area contributed by atoms with Gasteiger partial charge in [0, 0.05) is 61.7 Å². The molecule has 3 unspecified atom stereocenters. The number of hydrogen-bond donors (Lipinski definition) is 0. The molecular weight excluding hydrogens is 966 g/mol. The maximum atomic E-state index is 2.86. The van der Waals surface area contributed by atoms with Crippen LogP contribution in [0.25, 0.3) is 33.4 Å². The molecule has 0 spiro atoms. The Labute approximate surface area is 476 Å². The van der Waals surface area contributed by atoms with E-state index in [-0.39, 0.29) is 39.3 Å². The van der Waals surface area contributed by atoms with Gasteiger partial charge in [-0.3, -0.25) is 0 Å². The third-order valence-electron chi connectivity index (χ3n) is 21.7. The van der Waals surface area contributed by atoms with E-state index < -0.39 is 0 Å². The molecule has 80 heavy (non-hydrogen) atoms. The van der Waals surface area contributed by atoms with Gasteiger partial charge >= 0.3 is 0 Å². The molecule has 0 radical (unpaired) electrons. The van der Waals surface area contributed by atoms with Crippen molar-refractivity contribution < 1.29 is 0 Å². The van der Waals surface area contributed by atoms with Crippen LogP contribution < -0.4 is 31.1 Å². The second-order valence-electron chi connectivity index (χ2n) is 27.6. The number of para-hydroxylation sites is 1. The van der Waals surface area contributed by atoms with Gasteiger partial charge in [-0.2, -0.15) is 0 Å². The lowest BCUT2D eigenvalue weighted by molar-refractivity contribution is 0.0106. The molecule has 4 bridgehead atoms. The van der Waals surface area contributed by atoms with Crippen molar-refractivity contribution in [3.8, 4) is 33.4 Å². The first-order chi connectivity index (χ1) is 38.4. The van der Waals surface area contributed by atoms with Crippen molar-refractivity contribution in [2.24, 2.45) is 5.41 Å². The van der Waals surface area contributed by atoms with E-state index in [4.69, 9.17) is 0 Å². The number of hydrogen-bond acceptors (Lipinski definition) is 3. The normalized spacial score (nSPS) is 22.3. The quantitative estimate of drug-likeness (QED) is 0.163. The summed E-state index contributed by atoms with van der Waals surface area (Å²) in [5, 5.41) is 0. The summed E-state index contributed by atoms with van der Waals surface area (Å²) < 4.78 is 0. The van der Waals surface area contributed by atoms with Gasteiger partial charge in [0.25, 0.3) is 6.71 Å². The third-order valence-corrected chi connectivity index (χ3v) is 21.7. The molecule has 6 aliphatic rings. The van der Waals surface area contributed by atoms with Crippen LogP contribution in [0.15, 0.2) is 194 Å². The largest absolute Gasteiger partial charge is 0.335 e. The Morgan fingerprint density at radius 2 is 1.06 bits per heavy atom. The SMILES string of the molecule is CC(C)(C)c1ccc2c(c1)-c1cccc(c1)C1(C)CCC(C)(C)c3cc4c(cc31)N2c1cc(N2c3ccccc3C(C)(C)C3(C)CCCCC23C)cc2c1B4c1ccc(-c3ccccc3)cc1N2c1cccc(-c2ccccc2)c1. The minimum absolute atomic E-state index is 0.0241. The number of rotatable bonds is 4. The first kappa shape index (κ1) is 49.5. The Hall–Kier alpha value is -7.56. The van der Waals surface area contributed by atoms with E-state index in [2.05, 4.69) is 278 Å². The van der Waals surface area contributed by atoms with E-state index in [1.165, 1.54) is 137 Å². The van der Waals surface area contributed by atoms with Crippen LogP contribution in [0.4, 0.5) is 45.5 Å². The predicted molar refractivity (Wildman–Crippen MR) is 341 cm³/mol. The van der Waals surface area contributed by atoms with Crippen molar-refractivity contribution >= 4 is 68.6 Å². The minimum atomic E-state index is -0.195. The van der Waals surface area contributed by atoms with E-state index in [1.807, 2.05) is 0 Å². The Morgan fingerprint density at radius 3 is 1.81 bits per heavy atom. The van der Waals surface area contributed by atoms with Gasteiger partial charge in [-0.25, -0.2) is 0 Å². The Balaban J connectivity index is 1.12. The molecule has 4 heterocycles. The Bertz CT molecular complexity index is 4030. The summed E-state index contributed by atoms with van der Waals surface area (Å²) in [4.78, 5) is 8.30. The second-order valence-corrected chi connectivity index (χ2v) is 27.6. The summed E-state index contributed by atoms with van der Waals surface area (Å²) in [5.41, 5.74) is 28.1. The fourth-order valence-electron chi connectivity index (χ4n) is 16.6. The summed E-state index contributed by atoms with van der Waals surface area (Å²) in [5.74, 6) is 0. The Kier molecular flexibility index (Phi) is 10.5. The highest BCUT2D eigenvalue weighted by Gasteiger charge is 2.62. The van der Waals surface area contributed by atoms with Crippen molar-refractivity contribution in [2.45, 2.75) is 135 Å². The summed E-state index contributed by atoms with van der Waals surface area (Å²) in [7, 11) is 0. The van der Waals surface area contributed by atoms with Crippen LogP contribution in [0.5, 0.6) is 0 Å². The van der Waals surface area contributed by atoms with Gasteiger partial charge < -0.3 is 14.7 Å². The summed E-state index contributed by atoms with van der Waals surface area (Å²) >= 11 is 0. The van der Waals surface area contributed by atoms with E-state index >= 15 is 0 Å². The summed E-state index contributed by atoms with van der Waals surface area (Å²) in [6.45, 7) is 25.0. The Morgan fingerprint density at radius 1 is 0.412 bits per heavy atom. The number of fused-ring (bicyclic) bond motifs is 12. The summed E-state index contributed by atoms with van der Waals surface area (Å²) in [6.07, 6.45) is 6.94. The van der Waals surface area contributed by atoms with Crippen molar-refractivity contribution in [1.82, 2.24) is 0 Å². The van der Waals surface area contributed by atoms with Gasteiger partial charge in [0.1, 0.15) is 0 Å². The molecular formula is C76H74BN3. The highest BCUT2D eigenvalue weighted by atomic mass is 15.3. The third kappa shape index (κ3) is 6.80. The molecule has 4 heteroatoms. The minimum Gasteiger partial charge on any atom is -0.335 e. The second kappa shape index (κ2) is 17.0. The number of anilines is 8. The first-order valence-corrected chi connectivity index (χ1v) is 29.9. The standard InChI is InChI=1S/C76H74BN3/c1-71(2,3)54-34-36-64-58(44-54)53-28-21-29-55(41-53)74(8)40-39-72(4,5)60-47-63-67(48-61(60)74)79(64)69-46-57(80-65-32-18-17-31-59(65)73(6,7)75(9)37-19-20-38-76(75,80)10)45-68-70(69)77(63)62-35-33-52(50-25-15-12-16-26-50)43-66(62)78(68)56-30-22-27-51(42-56)49-23-13-11-14-24-49/h11-18,21-36,41-48H,19-20,37-40H2,1-10H3. The monoisotopic (exact) mass is 1040 g/mol. The van der Waals surface area contributed by atoms with Gasteiger partial charge in [0.15, 0.2) is 0 Å². The maximum Gasteiger partial charge on any atom is 0.252 e. The molecule has 1 saturated carbocycles. The lowest BCUT2D eigenvalue weighted by atomic mass is 9.33. The molecule has 9 aromatic rings. The molecule has 3 atom stereocenters. The van der Waals surface area contributed by atoms with E-state index in [0.717, 1.165) is 24.9 Å². The highest BCUT2D eigenvalue weighted by Crippen LogP contribution is 2.66. The van der Waals surface area contributed by atoms with Crippen molar-refractivity contribution in [3.05, 3.63) is 222 Å². The van der Waals surface area contributed by atoms with Gasteiger partial charge in [0.05, 0.1) is 5.69 Å². The fraction of sp³-hybridized carbons (Fsp3) is 0.289. The van der Waals surface area contributed by atoms with E-state index in [1.54, 1.807) is 0 Å². The van der Waals surface area contributed by atoms with Crippen molar-refractivity contribution in [2.75, 3.05) is 14.7 Å². The smallest absolute Gasteiger partial charge is 0.252 e. The molecule has 4 aliphatic heterocycles. The van der Waals surface area contributed by atoms with E-state index in [0.29, 0.717) is 0 Å². The molecule has 0 N–H and O–H groups in total. The van der Waals surface area contributed by atoms with Crippen LogP contribution in [0.3, 0.4) is 0 Å². The summed E-state index contributed by atoms with van der Waals surface area (Å²) in [6, 6.07) is 76.2. The topological polar surface area (TPSA) is 9.72 Å². The first-order valence-electron chi connectivity index (χ1n) is 29.9. The number of nitrogens with zero attached hydrogens (tertiary/aromatic N) is 3. The van der Waals surface area contributed by atoms with Crippen LogP contribution in [0.1, 0.15) is 136 Å². The average Bonchev–Trinajstić information content (AvgIpc) is 3.66. The fourth-order valence-corrected chi connectivity index (χ4v) is 16.6. The molecule has 1 fully saturated rings. The molecule has 0 aromatic heterocycles. The average molecular weight is 1040 g/mol. The zero-order valence-electron chi connectivity index (χ0n) is 48.6. The van der Waals surface area contributed by atoms with Gasteiger partial charge in [-0.1, -0.05) is 215 Å². The molecule has 396 valence electrons. The highest BCUT2D eigenvalue weighted by molar-refractivity contribution is 7.00. The molecule has 9 aromatic carbocycles. The van der Waals surface area contributed by atoms with Crippen LogP contribution >= 0.6 is 0 Å². The zero-order chi connectivity index (χ0) is 54.9. The molecule has 0 saturated heterocycles. The number of benzene rings is 9. The lowest BCUT2D eigenvalue weighted by Gasteiger charge is -2.66. The zero-order valence-corrected chi connectivity index (χ0v) is 48.6. The van der Waals surface area contributed by atoms with Crippen LogP contribution in [0.2, 0.25) is 0 Å². The maximum absolute atomic E-state index is 2.86. The van der Waals surface area contributed by atoms with Crippen LogP contribution in [-0.2, 0) is 21.7 Å². The molecule has 0 amide bonds. The van der Waals surface area contributed by atoms with Gasteiger partial charge in [-0.05, 0) is 175 Å². The predicted octanol–water partition coefficient (Wildman–Crippen LogP) is 18.5. The van der Waals surface area contributed by atoms with Crippen molar-refractivity contribution in [1.29, 1.82) is 0 Å². The van der Waals surface area contributed by atoms with Gasteiger partial charge in [0.2, 0.25) is 0 Å². The molecule has 2 aliphatic carbocycles. The van der Waals surface area contributed by atoms with Crippen molar-refractivity contribution in [3.63, 3.8) is 0 Å². The van der Waals surface area contributed by atoms with Crippen LogP contribution in [-0.4, -0.2) is 12.3 Å². The molecule has 15 rings (SSSR count). The van der Waals surface area contributed by atoms with E-state index in [9.17, 15) is 0 Å².